The number of amides is 1. The van der Waals surface area contributed by atoms with Gasteiger partial charge in [0.15, 0.2) is 5.13 Å². The van der Waals surface area contributed by atoms with Crippen LogP contribution in [0.1, 0.15) is 5.82 Å². The van der Waals surface area contributed by atoms with Gasteiger partial charge >= 0.3 is 0 Å². The van der Waals surface area contributed by atoms with Crippen molar-refractivity contribution in [1.29, 1.82) is 0 Å². The molecule has 0 spiro atoms. The summed E-state index contributed by atoms with van der Waals surface area (Å²) in [6.45, 7) is 6.46. The number of carbonyl (C=O) groups is 1. The summed E-state index contributed by atoms with van der Waals surface area (Å²) >= 11 is 1.56. The zero-order valence-corrected chi connectivity index (χ0v) is 17.8. The Kier molecular flexibility index (Phi) is 7.47. The monoisotopic (exact) mass is 423 g/mol. The maximum absolute atomic E-state index is 11.9. The fraction of sp³-hybridized carbons (Fsp3) is 0.238. The molecule has 0 fully saturated rings. The highest BCUT2D eigenvalue weighted by molar-refractivity contribution is 7.18. The molecule has 0 unspecified atom stereocenters. The van der Waals surface area contributed by atoms with Gasteiger partial charge in [-0.25, -0.2) is 15.0 Å². The van der Waals surface area contributed by atoms with Gasteiger partial charge in [0, 0.05) is 25.4 Å². The van der Waals surface area contributed by atoms with Crippen LogP contribution < -0.4 is 21.3 Å². The number of hydrogen-bond donors (Lipinski definition) is 4. The minimum absolute atomic E-state index is 0.117. The van der Waals surface area contributed by atoms with E-state index in [1.165, 1.54) is 0 Å². The first-order valence-electron chi connectivity index (χ1n) is 9.54. The van der Waals surface area contributed by atoms with Gasteiger partial charge in [-0.1, -0.05) is 47.7 Å². The Hall–Kier alpha value is -3.30. The van der Waals surface area contributed by atoms with E-state index in [1.807, 2.05) is 37.4 Å². The van der Waals surface area contributed by atoms with Crippen LogP contribution in [0, 0.1) is 6.92 Å². The molecule has 156 valence electrons. The Morgan fingerprint density at radius 2 is 1.97 bits per heavy atom. The first-order valence-corrected chi connectivity index (χ1v) is 10.4. The van der Waals surface area contributed by atoms with Crippen molar-refractivity contribution in [3.05, 3.63) is 61.1 Å². The van der Waals surface area contributed by atoms with Crippen molar-refractivity contribution in [2.45, 2.75) is 13.0 Å². The van der Waals surface area contributed by atoms with Crippen molar-refractivity contribution < 1.29 is 4.79 Å². The molecule has 0 aliphatic heterocycles. The summed E-state index contributed by atoms with van der Waals surface area (Å²) in [5.74, 6) is 1.85. The summed E-state index contributed by atoms with van der Waals surface area (Å²) in [6.07, 6.45) is 3.41. The van der Waals surface area contributed by atoms with Crippen molar-refractivity contribution in [3.8, 4) is 10.4 Å². The van der Waals surface area contributed by atoms with E-state index in [0.29, 0.717) is 30.5 Å². The topological polar surface area (TPSA) is 104 Å². The summed E-state index contributed by atoms with van der Waals surface area (Å²) in [5.41, 5.74) is 1.13. The zero-order valence-electron chi connectivity index (χ0n) is 17.0. The third-order valence-corrected chi connectivity index (χ3v) is 5.16. The van der Waals surface area contributed by atoms with E-state index in [2.05, 4.69) is 54.9 Å². The molecule has 9 heteroatoms. The number of rotatable bonds is 10. The molecule has 4 N–H and O–H groups in total. The van der Waals surface area contributed by atoms with Crippen LogP contribution >= 0.6 is 11.3 Å². The fourth-order valence-corrected chi connectivity index (χ4v) is 3.57. The summed E-state index contributed by atoms with van der Waals surface area (Å²) in [7, 11) is 1.72. The van der Waals surface area contributed by atoms with Crippen LogP contribution in [0.2, 0.25) is 0 Å². The molecule has 0 bridgehead atoms. The van der Waals surface area contributed by atoms with Gasteiger partial charge in [0.2, 0.25) is 5.91 Å². The second-order valence-electron chi connectivity index (χ2n) is 6.43. The van der Waals surface area contributed by atoms with E-state index in [0.717, 1.165) is 15.6 Å². The number of nitrogens with one attached hydrogen (secondary N) is 4. The maximum Gasteiger partial charge on any atom is 0.241 e. The number of anilines is 3. The van der Waals surface area contributed by atoms with E-state index >= 15 is 0 Å². The smallest absolute Gasteiger partial charge is 0.241 e. The fourth-order valence-electron chi connectivity index (χ4n) is 2.74. The molecule has 2 heterocycles. The van der Waals surface area contributed by atoms with Gasteiger partial charge in [-0.15, -0.1) is 6.58 Å². The summed E-state index contributed by atoms with van der Waals surface area (Å²) in [5, 5.41) is 12.9. The van der Waals surface area contributed by atoms with Crippen LogP contribution in [-0.2, 0) is 4.79 Å². The van der Waals surface area contributed by atoms with E-state index in [9.17, 15) is 4.79 Å². The molecule has 3 aromatic rings. The van der Waals surface area contributed by atoms with Crippen LogP contribution in [0.5, 0.6) is 0 Å². The Morgan fingerprint density at radius 3 is 2.70 bits per heavy atom. The van der Waals surface area contributed by atoms with Gasteiger partial charge in [0.1, 0.15) is 23.5 Å². The first-order chi connectivity index (χ1) is 14.6. The average molecular weight is 424 g/mol. The van der Waals surface area contributed by atoms with E-state index in [1.54, 1.807) is 24.5 Å². The second kappa shape index (κ2) is 10.5. The Bertz CT molecular complexity index is 990. The SMILES string of the molecule is C=C[C@H](NC)C(=O)NCCNc1cc(Nc2ncc(-c3ccccc3)s2)nc(C)n1. The van der Waals surface area contributed by atoms with Gasteiger partial charge in [-0.05, 0) is 19.5 Å². The normalized spacial score (nSPS) is 11.5. The lowest BCUT2D eigenvalue weighted by molar-refractivity contribution is -0.121. The van der Waals surface area contributed by atoms with Crippen LogP contribution in [0.25, 0.3) is 10.4 Å². The molecule has 1 atom stereocenters. The van der Waals surface area contributed by atoms with Gasteiger partial charge in [0.05, 0.1) is 4.88 Å². The molecule has 0 radical (unpaired) electrons. The molecule has 8 nitrogen and oxygen atoms in total. The number of aryl methyl sites for hydroxylation is 1. The second-order valence-corrected chi connectivity index (χ2v) is 7.46. The van der Waals surface area contributed by atoms with Crippen LogP contribution in [0.4, 0.5) is 16.8 Å². The number of benzene rings is 1. The van der Waals surface area contributed by atoms with Gasteiger partial charge in [-0.3, -0.25) is 4.79 Å². The van der Waals surface area contributed by atoms with Crippen LogP contribution in [-0.4, -0.2) is 47.0 Å². The van der Waals surface area contributed by atoms with E-state index < -0.39 is 6.04 Å². The van der Waals surface area contributed by atoms with Gasteiger partial charge in [-0.2, -0.15) is 0 Å². The minimum atomic E-state index is -0.402. The van der Waals surface area contributed by atoms with Crippen molar-refractivity contribution in [2.24, 2.45) is 0 Å². The minimum Gasteiger partial charge on any atom is -0.368 e. The number of nitrogens with zero attached hydrogens (tertiary/aromatic N) is 3. The van der Waals surface area contributed by atoms with E-state index in [4.69, 9.17) is 0 Å². The van der Waals surface area contributed by atoms with Crippen molar-refractivity contribution in [1.82, 2.24) is 25.6 Å². The Morgan fingerprint density at radius 1 is 1.20 bits per heavy atom. The number of carbonyl (C=O) groups excluding carboxylic acids is 1. The van der Waals surface area contributed by atoms with Crippen LogP contribution in [0.15, 0.2) is 55.3 Å². The molecule has 1 aromatic carbocycles. The summed E-state index contributed by atoms with van der Waals surface area (Å²) in [4.78, 5) is 26.3. The number of likely N-dealkylation sites (N-methyl/N-ethyl adjacent to an activating group) is 1. The molecule has 0 saturated carbocycles. The quantitative estimate of drug-likeness (QED) is 0.294. The highest BCUT2D eigenvalue weighted by atomic mass is 32.1. The third kappa shape index (κ3) is 5.85. The maximum atomic E-state index is 11.9. The molecular formula is C21H25N7OS. The largest absolute Gasteiger partial charge is 0.368 e. The van der Waals surface area contributed by atoms with E-state index in [-0.39, 0.29) is 5.91 Å². The van der Waals surface area contributed by atoms with Crippen molar-refractivity contribution >= 4 is 34.0 Å². The summed E-state index contributed by atoms with van der Waals surface area (Å²) < 4.78 is 0. The van der Waals surface area contributed by atoms with Crippen molar-refractivity contribution in [2.75, 3.05) is 30.8 Å². The standard InChI is InChI=1S/C21H25N7OS/c1-4-16(22-3)20(29)24-11-10-23-18-12-19(27-14(2)26-18)28-21-25-13-17(30-21)15-8-6-5-7-9-15/h4-9,12-13,16,22H,1,10-11H2,2-3H3,(H,24,29)(H2,23,25,26,27,28)/t16-/m0/s1. The summed E-state index contributed by atoms with van der Waals surface area (Å²) in [6, 6.07) is 11.5. The highest BCUT2D eigenvalue weighted by Crippen LogP contribution is 2.30. The Balaban J connectivity index is 1.57. The predicted octanol–water partition coefficient (Wildman–Crippen LogP) is 2.95. The van der Waals surface area contributed by atoms with Gasteiger partial charge < -0.3 is 21.3 Å². The number of thiazole rings is 1. The zero-order chi connectivity index (χ0) is 21.3. The third-order valence-electron chi connectivity index (χ3n) is 4.20. The highest BCUT2D eigenvalue weighted by Gasteiger charge is 2.11. The lowest BCUT2D eigenvalue weighted by atomic mass is 10.2. The average Bonchev–Trinajstić information content (AvgIpc) is 3.21. The molecule has 1 amide bonds. The molecule has 0 aliphatic carbocycles. The number of aromatic nitrogens is 3. The molecular weight excluding hydrogens is 398 g/mol. The van der Waals surface area contributed by atoms with Crippen molar-refractivity contribution in [3.63, 3.8) is 0 Å². The van der Waals surface area contributed by atoms with Crippen LogP contribution in [0.3, 0.4) is 0 Å². The Labute approximate surface area is 179 Å². The molecule has 0 aliphatic rings. The lowest BCUT2D eigenvalue weighted by Gasteiger charge is -2.13. The molecule has 0 saturated heterocycles. The molecule has 30 heavy (non-hydrogen) atoms. The first kappa shape index (κ1) is 21.4. The molecule has 3 rings (SSSR count). The molecule has 2 aromatic heterocycles. The van der Waals surface area contributed by atoms with Gasteiger partial charge in [0.25, 0.3) is 0 Å². The predicted molar refractivity (Wildman–Crippen MR) is 122 cm³/mol. The number of hydrogen-bond acceptors (Lipinski definition) is 8. The lowest BCUT2D eigenvalue weighted by Crippen LogP contribution is -2.42.